The quantitative estimate of drug-likeness (QED) is 0.833. The maximum absolute atomic E-state index is 12.0. The molecule has 9 heteroatoms. The Bertz CT molecular complexity index is 774. The van der Waals surface area contributed by atoms with Crippen LogP contribution in [0.15, 0.2) is 29.1 Å². The van der Waals surface area contributed by atoms with Crippen LogP contribution in [-0.2, 0) is 16.0 Å². The molecule has 0 aliphatic carbocycles. The van der Waals surface area contributed by atoms with E-state index in [-0.39, 0.29) is 18.6 Å². The zero-order valence-electron chi connectivity index (χ0n) is 12.8. The van der Waals surface area contributed by atoms with Gasteiger partial charge in [-0.25, -0.2) is 5.10 Å². The average molecular weight is 343 g/mol. The van der Waals surface area contributed by atoms with E-state index >= 15 is 0 Å². The van der Waals surface area contributed by atoms with E-state index in [4.69, 9.17) is 0 Å². The summed E-state index contributed by atoms with van der Waals surface area (Å²) >= 11 is 0. The second-order valence-electron chi connectivity index (χ2n) is 5.32. The van der Waals surface area contributed by atoms with Gasteiger partial charge in [0.05, 0.1) is 24.1 Å². The predicted octanol–water partition coefficient (Wildman–Crippen LogP) is 1.55. The molecule has 1 heterocycles. The van der Waals surface area contributed by atoms with Crippen molar-refractivity contribution in [3.8, 4) is 0 Å². The van der Waals surface area contributed by atoms with Crippen LogP contribution in [0.4, 0.5) is 13.2 Å². The van der Waals surface area contributed by atoms with Gasteiger partial charge in [0.15, 0.2) is 0 Å². The van der Waals surface area contributed by atoms with Gasteiger partial charge < -0.3 is 10.1 Å². The number of halogens is 3. The molecule has 0 unspecified atom stereocenters. The summed E-state index contributed by atoms with van der Waals surface area (Å²) in [5.41, 5.74) is 0.0230. The van der Waals surface area contributed by atoms with Gasteiger partial charge in [0.1, 0.15) is 6.61 Å². The SMILES string of the molecule is C[C@H](COCC(F)(F)F)NC(=O)Cc1n[nH]c(=O)c2ccccc12. The molecule has 6 nitrogen and oxygen atoms in total. The van der Waals surface area contributed by atoms with Crippen molar-refractivity contribution in [3.63, 3.8) is 0 Å². The number of nitrogens with zero attached hydrogens (tertiary/aromatic N) is 1. The standard InChI is InChI=1S/C15H16F3N3O3/c1-9(7-24-8-15(16,17)18)19-13(22)6-12-10-4-2-3-5-11(10)14(23)21-20-12/h2-5,9H,6-8H2,1H3,(H,19,22)(H,21,23)/t9-/m1/s1. The number of hydrogen-bond acceptors (Lipinski definition) is 4. The molecule has 0 spiro atoms. The lowest BCUT2D eigenvalue weighted by molar-refractivity contribution is -0.175. The summed E-state index contributed by atoms with van der Waals surface area (Å²) < 4.78 is 40.5. The molecule has 2 rings (SSSR count). The molecule has 24 heavy (non-hydrogen) atoms. The van der Waals surface area contributed by atoms with Gasteiger partial charge in [0, 0.05) is 11.4 Å². The highest BCUT2D eigenvalue weighted by molar-refractivity contribution is 5.88. The van der Waals surface area contributed by atoms with Crippen LogP contribution < -0.4 is 10.9 Å². The van der Waals surface area contributed by atoms with Gasteiger partial charge in [-0.2, -0.15) is 18.3 Å². The van der Waals surface area contributed by atoms with Gasteiger partial charge in [-0.05, 0) is 13.0 Å². The first-order valence-electron chi connectivity index (χ1n) is 7.16. The van der Waals surface area contributed by atoms with Crippen molar-refractivity contribution in [3.05, 3.63) is 40.3 Å². The molecule has 2 aromatic rings. The fourth-order valence-electron chi connectivity index (χ4n) is 2.18. The minimum atomic E-state index is -4.40. The molecule has 0 aliphatic rings. The number of nitrogens with one attached hydrogen (secondary N) is 2. The van der Waals surface area contributed by atoms with Crippen molar-refractivity contribution in [1.29, 1.82) is 0 Å². The second-order valence-corrected chi connectivity index (χ2v) is 5.32. The van der Waals surface area contributed by atoms with Crippen molar-refractivity contribution in [2.75, 3.05) is 13.2 Å². The molecule has 0 saturated carbocycles. The van der Waals surface area contributed by atoms with E-state index in [0.29, 0.717) is 16.5 Å². The van der Waals surface area contributed by atoms with Crippen LogP contribution in [-0.4, -0.2) is 41.5 Å². The second kappa shape index (κ2) is 7.43. The number of hydrogen-bond donors (Lipinski definition) is 2. The number of H-pyrrole nitrogens is 1. The molecule has 0 radical (unpaired) electrons. The number of carbonyl (C=O) groups is 1. The number of rotatable bonds is 6. The van der Waals surface area contributed by atoms with Crippen LogP contribution in [0, 0.1) is 0 Å². The van der Waals surface area contributed by atoms with E-state index in [2.05, 4.69) is 20.3 Å². The van der Waals surface area contributed by atoms with Crippen LogP contribution in [0.25, 0.3) is 10.8 Å². The van der Waals surface area contributed by atoms with Gasteiger partial charge in [0.2, 0.25) is 5.91 Å². The van der Waals surface area contributed by atoms with Crippen LogP contribution in [0.5, 0.6) is 0 Å². The van der Waals surface area contributed by atoms with Crippen LogP contribution in [0.3, 0.4) is 0 Å². The molecule has 1 atom stereocenters. The topological polar surface area (TPSA) is 84.1 Å². The van der Waals surface area contributed by atoms with E-state index in [1.807, 2.05) is 0 Å². The maximum Gasteiger partial charge on any atom is 0.411 e. The van der Waals surface area contributed by atoms with Gasteiger partial charge in [-0.1, -0.05) is 18.2 Å². The van der Waals surface area contributed by atoms with E-state index < -0.39 is 24.7 Å². The summed E-state index contributed by atoms with van der Waals surface area (Å²) in [4.78, 5) is 23.7. The number of ether oxygens (including phenoxy) is 1. The molecular weight excluding hydrogens is 327 g/mol. The smallest absolute Gasteiger partial charge is 0.370 e. The summed E-state index contributed by atoms with van der Waals surface area (Å²) in [6.45, 7) is -0.0863. The van der Waals surface area contributed by atoms with Crippen molar-refractivity contribution >= 4 is 16.7 Å². The average Bonchev–Trinajstić information content (AvgIpc) is 2.49. The van der Waals surface area contributed by atoms with Crippen LogP contribution >= 0.6 is 0 Å². The fraction of sp³-hybridized carbons (Fsp3) is 0.400. The van der Waals surface area contributed by atoms with Gasteiger partial charge in [0.25, 0.3) is 5.56 Å². The first kappa shape index (κ1) is 17.9. The number of aromatic nitrogens is 2. The summed E-state index contributed by atoms with van der Waals surface area (Å²) in [6.07, 6.45) is -4.51. The van der Waals surface area contributed by atoms with Crippen molar-refractivity contribution < 1.29 is 22.7 Å². The van der Waals surface area contributed by atoms with Crippen molar-refractivity contribution in [1.82, 2.24) is 15.5 Å². The molecule has 0 aliphatic heterocycles. The van der Waals surface area contributed by atoms with Crippen molar-refractivity contribution in [2.45, 2.75) is 25.6 Å². The summed E-state index contributed by atoms with van der Waals surface area (Å²) in [5.74, 6) is -0.428. The molecule has 1 aromatic carbocycles. The Kier molecular flexibility index (Phi) is 5.55. The van der Waals surface area contributed by atoms with Crippen LogP contribution in [0.2, 0.25) is 0 Å². The Balaban J connectivity index is 1.96. The number of fused-ring (bicyclic) bond motifs is 1. The summed E-state index contributed by atoms with van der Waals surface area (Å²) in [5, 5.41) is 9.68. The van der Waals surface area contributed by atoms with Crippen molar-refractivity contribution in [2.24, 2.45) is 0 Å². The molecule has 130 valence electrons. The Morgan fingerprint density at radius 1 is 1.33 bits per heavy atom. The zero-order valence-corrected chi connectivity index (χ0v) is 12.8. The Labute approximate surface area is 135 Å². The molecular formula is C15H16F3N3O3. The largest absolute Gasteiger partial charge is 0.411 e. The monoisotopic (exact) mass is 343 g/mol. The lowest BCUT2D eigenvalue weighted by Gasteiger charge is -2.15. The lowest BCUT2D eigenvalue weighted by atomic mass is 10.1. The number of aromatic amines is 1. The number of carbonyl (C=O) groups excluding carboxylic acids is 1. The van der Waals surface area contributed by atoms with Crippen LogP contribution in [0.1, 0.15) is 12.6 Å². The highest BCUT2D eigenvalue weighted by atomic mass is 19.4. The third kappa shape index (κ3) is 5.05. The zero-order chi connectivity index (χ0) is 17.7. The molecule has 1 amide bonds. The van der Waals surface area contributed by atoms with E-state index in [1.165, 1.54) is 6.92 Å². The summed E-state index contributed by atoms with van der Waals surface area (Å²) in [7, 11) is 0. The number of alkyl halides is 3. The summed E-state index contributed by atoms with van der Waals surface area (Å²) in [6, 6.07) is 6.12. The molecule has 0 fully saturated rings. The van der Waals surface area contributed by atoms with E-state index in [0.717, 1.165) is 0 Å². The van der Waals surface area contributed by atoms with Gasteiger partial charge in [-0.15, -0.1) is 0 Å². The number of benzene rings is 1. The Morgan fingerprint density at radius 2 is 2.00 bits per heavy atom. The first-order chi connectivity index (χ1) is 11.3. The highest BCUT2D eigenvalue weighted by Gasteiger charge is 2.27. The highest BCUT2D eigenvalue weighted by Crippen LogP contribution is 2.15. The Hall–Kier alpha value is -2.42. The third-order valence-electron chi connectivity index (χ3n) is 3.14. The third-order valence-corrected chi connectivity index (χ3v) is 3.14. The van der Waals surface area contributed by atoms with E-state index in [1.54, 1.807) is 24.3 Å². The maximum atomic E-state index is 12.0. The molecule has 0 saturated heterocycles. The molecule has 0 bridgehead atoms. The Morgan fingerprint density at radius 3 is 2.67 bits per heavy atom. The predicted molar refractivity (Wildman–Crippen MR) is 80.5 cm³/mol. The fourth-order valence-corrected chi connectivity index (χ4v) is 2.18. The normalized spacial score (nSPS) is 13.0. The van der Waals surface area contributed by atoms with Gasteiger partial charge in [-0.3, -0.25) is 9.59 Å². The molecule has 2 N–H and O–H groups in total. The minimum Gasteiger partial charge on any atom is -0.370 e. The lowest BCUT2D eigenvalue weighted by Crippen LogP contribution is -2.38. The first-order valence-corrected chi connectivity index (χ1v) is 7.16. The molecule has 1 aromatic heterocycles. The van der Waals surface area contributed by atoms with E-state index in [9.17, 15) is 22.8 Å². The minimum absolute atomic E-state index is 0.110. The number of amides is 1. The van der Waals surface area contributed by atoms with Gasteiger partial charge >= 0.3 is 6.18 Å².